The van der Waals surface area contributed by atoms with E-state index in [1.165, 1.54) is 0 Å². The van der Waals surface area contributed by atoms with Gasteiger partial charge in [0.05, 0.1) is 26.3 Å². The number of fused-ring (bicyclic) bond motifs is 1. The number of amides is 1. The van der Waals surface area contributed by atoms with Crippen molar-refractivity contribution < 1.29 is 23.4 Å². The smallest absolute Gasteiger partial charge is 0.268 e. The summed E-state index contributed by atoms with van der Waals surface area (Å²) in [7, 11) is 4.82. The molecule has 1 N–H and O–H groups in total. The Morgan fingerprint density at radius 1 is 1.07 bits per heavy atom. The average Bonchev–Trinajstić information content (AvgIpc) is 3.18. The summed E-state index contributed by atoms with van der Waals surface area (Å²) in [6, 6.07) is 9.36. The molecular weight excluding hydrogens is 348 g/mol. The molecule has 2 aromatic heterocycles. The number of carbonyl (C=O) groups excluding carboxylic acids is 1. The van der Waals surface area contributed by atoms with E-state index in [0.717, 1.165) is 16.8 Å². The summed E-state index contributed by atoms with van der Waals surface area (Å²) in [5.41, 5.74) is 3.03. The number of aromatic nitrogens is 1. The molecule has 144 valence electrons. The van der Waals surface area contributed by atoms with E-state index in [1.807, 2.05) is 35.8 Å². The van der Waals surface area contributed by atoms with Gasteiger partial charge >= 0.3 is 0 Å². The average molecular weight is 372 g/mol. The second-order valence-electron chi connectivity index (χ2n) is 6.19. The van der Waals surface area contributed by atoms with Gasteiger partial charge in [-0.25, -0.2) is 0 Å². The lowest BCUT2D eigenvalue weighted by atomic mass is 10.2. The number of hydrogen-bond donors (Lipinski definition) is 1. The molecule has 7 nitrogen and oxygen atoms in total. The third kappa shape index (κ3) is 4.09. The molecule has 1 aromatic carbocycles. The van der Waals surface area contributed by atoms with Crippen LogP contribution >= 0.6 is 0 Å². The minimum absolute atomic E-state index is 0.175. The highest BCUT2D eigenvalue weighted by Gasteiger charge is 2.19. The van der Waals surface area contributed by atoms with Gasteiger partial charge in [0.25, 0.3) is 5.91 Å². The first-order valence-electron chi connectivity index (χ1n) is 8.64. The highest BCUT2D eigenvalue weighted by Crippen LogP contribution is 2.28. The number of hydrogen-bond acceptors (Lipinski definition) is 5. The molecule has 0 fully saturated rings. The molecule has 0 bridgehead atoms. The van der Waals surface area contributed by atoms with Crippen molar-refractivity contribution >= 4 is 17.0 Å². The van der Waals surface area contributed by atoms with Gasteiger partial charge in [-0.1, -0.05) is 0 Å². The first-order chi connectivity index (χ1) is 13.0. The van der Waals surface area contributed by atoms with E-state index in [2.05, 4.69) is 5.32 Å². The predicted molar refractivity (Wildman–Crippen MR) is 102 cm³/mol. The number of ether oxygens (including phenoxy) is 3. The monoisotopic (exact) mass is 372 g/mol. The number of rotatable bonds is 8. The van der Waals surface area contributed by atoms with Gasteiger partial charge in [0.15, 0.2) is 5.58 Å². The van der Waals surface area contributed by atoms with Crippen molar-refractivity contribution in [2.75, 3.05) is 34.5 Å². The second-order valence-corrected chi connectivity index (χ2v) is 6.19. The van der Waals surface area contributed by atoms with Crippen molar-refractivity contribution in [3.05, 3.63) is 47.3 Å². The Bertz CT molecular complexity index is 919. The van der Waals surface area contributed by atoms with Crippen molar-refractivity contribution in [1.82, 2.24) is 9.88 Å². The molecule has 3 aromatic rings. The van der Waals surface area contributed by atoms with Crippen LogP contribution in [0.1, 0.15) is 21.8 Å². The van der Waals surface area contributed by atoms with Crippen LogP contribution < -0.4 is 14.8 Å². The fraction of sp³-hybridized carbons (Fsp3) is 0.350. The summed E-state index contributed by atoms with van der Waals surface area (Å²) in [5.74, 6) is 2.01. The Morgan fingerprint density at radius 3 is 2.41 bits per heavy atom. The first kappa shape index (κ1) is 18.8. The Morgan fingerprint density at radius 2 is 1.78 bits per heavy atom. The quantitative estimate of drug-likeness (QED) is 0.615. The van der Waals surface area contributed by atoms with Crippen molar-refractivity contribution in [3.8, 4) is 11.5 Å². The molecule has 0 aliphatic heterocycles. The van der Waals surface area contributed by atoms with Crippen LogP contribution in [0.4, 0.5) is 0 Å². The van der Waals surface area contributed by atoms with Crippen LogP contribution in [0.2, 0.25) is 0 Å². The van der Waals surface area contributed by atoms with Crippen LogP contribution in [0.3, 0.4) is 0 Å². The molecule has 2 heterocycles. The van der Waals surface area contributed by atoms with Crippen LogP contribution in [0.5, 0.6) is 11.5 Å². The first-order valence-corrected chi connectivity index (χ1v) is 8.64. The largest absolute Gasteiger partial charge is 0.497 e. The Balaban J connectivity index is 1.99. The van der Waals surface area contributed by atoms with Crippen molar-refractivity contribution in [3.63, 3.8) is 0 Å². The molecule has 3 rings (SSSR count). The molecule has 27 heavy (non-hydrogen) atoms. The topological polar surface area (TPSA) is 74.9 Å². The Hall–Kier alpha value is -2.93. The number of methoxy groups -OCH3 is 3. The van der Waals surface area contributed by atoms with E-state index in [4.69, 9.17) is 18.6 Å². The van der Waals surface area contributed by atoms with Crippen LogP contribution in [-0.4, -0.2) is 45.0 Å². The highest BCUT2D eigenvalue weighted by atomic mass is 16.5. The molecule has 0 atom stereocenters. The lowest BCUT2D eigenvalue weighted by Gasteiger charge is -2.13. The van der Waals surface area contributed by atoms with Crippen LogP contribution in [0.25, 0.3) is 11.1 Å². The third-order valence-electron chi connectivity index (χ3n) is 4.29. The Kier molecular flexibility index (Phi) is 5.71. The minimum atomic E-state index is -0.175. The number of benzene rings is 1. The lowest BCUT2D eigenvalue weighted by molar-refractivity contribution is 0.0928. The predicted octanol–water partition coefficient (Wildman–Crippen LogP) is 2.98. The molecule has 0 unspecified atom stereocenters. The van der Waals surface area contributed by atoms with E-state index in [9.17, 15) is 4.79 Å². The zero-order chi connectivity index (χ0) is 19.4. The number of aryl methyl sites for hydroxylation is 1. The third-order valence-corrected chi connectivity index (χ3v) is 4.29. The number of carbonyl (C=O) groups is 1. The molecule has 1 amide bonds. The van der Waals surface area contributed by atoms with Gasteiger partial charge in [0.1, 0.15) is 23.0 Å². The standard InChI is InChI=1S/C20H24N2O5/c1-13-7-17-19(27-13)11-18(20(23)21-5-6-24-2)22(17)12-14-8-15(25-3)10-16(9-14)26-4/h7-11H,5-6,12H2,1-4H3,(H,21,23). The number of furan rings is 1. The van der Waals surface area contributed by atoms with Gasteiger partial charge in [-0.15, -0.1) is 0 Å². The summed E-state index contributed by atoms with van der Waals surface area (Å²) < 4.78 is 23.3. The van der Waals surface area contributed by atoms with E-state index in [1.54, 1.807) is 27.4 Å². The lowest BCUT2D eigenvalue weighted by Crippen LogP contribution is -2.29. The maximum atomic E-state index is 12.7. The molecule has 0 saturated carbocycles. The van der Waals surface area contributed by atoms with E-state index < -0.39 is 0 Å². The zero-order valence-corrected chi connectivity index (χ0v) is 16.0. The van der Waals surface area contributed by atoms with Gasteiger partial charge in [-0.3, -0.25) is 4.79 Å². The summed E-state index contributed by atoms with van der Waals surface area (Å²) in [4.78, 5) is 12.7. The second kappa shape index (κ2) is 8.18. The van der Waals surface area contributed by atoms with Crippen molar-refractivity contribution in [1.29, 1.82) is 0 Å². The molecule has 0 aliphatic rings. The maximum Gasteiger partial charge on any atom is 0.268 e. The van der Waals surface area contributed by atoms with Crippen LogP contribution in [0, 0.1) is 6.92 Å². The van der Waals surface area contributed by atoms with E-state index >= 15 is 0 Å². The number of nitrogens with zero attached hydrogens (tertiary/aromatic N) is 1. The summed E-state index contributed by atoms with van der Waals surface area (Å²) >= 11 is 0. The van der Waals surface area contributed by atoms with Crippen LogP contribution in [-0.2, 0) is 11.3 Å². The maximum absolute atomic E-state index is 12.7. The Labute approximate surface area is 157 Å². The van der Waals surface area contributed by atoms with Gasteiger partial charge < -0.3 is 28.5 Å². The summed E-state index contributed by atoms with van der Waals surface area (Å²) in [6.07, 6.45) is 0. The molecule has 0 saturated heterocycles. The van der Waals surface area contributed by atoms with E-state index in [0.29, 0.717) is 42.5 Å². The van der Waals surface area contributed by atoms with E-state index in [-0.39, 0.29) is 5.91 Å². The van der Waals surface area contributed by atoms with Crippen molar-refractivity contribution in [2.24, 2.45) is 0 Å². The summed E-state index contributed by atoms with van der Waals surface area (Å²) in [5, 5.41) is 2.86. The molecule has 0 aliphatic carbocycles. The van der Waals surface area contributed by atoms with Gasteiger partial charge in [0, 0.05) is 38.4 Å². The van der Waals surface area contributed by atoms with Crippen molar-refractivity contribution in [2.45, 2.75) is 13.5 Å². The van der Waals surface area contributed by atoms with Gasteiger partial charge in [-0.2, -0.15) is 0 Å². The molecular formula is C20H24N2O5. The highest BCUT2D eigenvalue weighted by molar-refractivity contribution is 5.97. The molecule has 0 spiro atoms. The van der Waals surface area contributed by atoms with Crippen LogP contribution in [0.15, 0.2) is 34.7 Å². The molecule has 0 radical (unpaired) electrons. The zero-order valence-electron chi connectivity index (χ0n) is 16.0. The van der Waals surface area contributed by atoms with Gasteiger partial charge in [0.2, 0.25) is 0 Å². The minimum Gasteiger partial charge on any atom is -0.497 e. The number of nitrogens with one attached hydrogen (secondary N) is 1. The normalized spacial score (nSPS) is 11.0. The molecule has 7 heteroatoms. The fourth-order valence-electron chi connectivity index (χ4n) is 3.02. The SMILES string of the molecule is COCCNC(=O)c1cc2oc(C)cc2n1Cc1cc(OC)cc(OC)c1. The summed E-state index contributed by atoms with van der Waals surface area (Å²) in [6.45, 7) is 3.25. The fourth-order valence-corrected chi connectivity index (χ4v) is 3.02. The van der Waals surface area contributed by atoms with Gasteiger partial charge in [-0.05, 0) is 24.6 Å².